The van der Waals surface area contributed by atoms with Crippen molar-refractivity contribution < 1.29 is 0 Å². The molecule has 143 heavy (non-hydrogen) atoms. The molecule has 8 nitrogen and oxygen atoms in total. The molecule has 678 valence electrons. The molecule has 19 aromatic carbocycles. The third-order valence-corrected chi connectivity index (χ3v) is 43.5. The zero-order valence-electron chi connectivity index (χ0n) is 80.5. The molecule has 0 atom stereocenters. The molecule has 1 N–H and O–H groups in total. The number of hydrogen-bond donors (Lipinski definition) is 1. The molecule has 0 unspecified atom stereocenters. The third-order valence-electron chi connectivity index (χ3n) is 31.7. The van der Waals surface area contributed by atoms with Crippen LogP contribution < -0.4 is 31.1 Å². The third kappa shape index (κ3) is 12.5. The normalized spacial score (nSPS) is 14.0. The van der Waals surface area contributed by atoms with Gasteiger partial charge in [0.05, 0.1) is 83.2 Å². The van der Waals surface area contributed by atoms with Crippen LogP contribution in [0.25, 0.3) is 237 Å². The molecule has 26 aromatic rings. The Morgan fingerprint density at radius 2 is 0.629 bits per heavy atom. The first-order valence-corrected chi connectivity index (χ1v) is 59.6. The zero-order chi connectivity index (χ0) is 95.6. The maximum Gasteiger partial charge on any atom is 0.162 e. The van der Waals surface area contributed by atoms with E-state index in [1.54, 1.807) is 5.19 Å². The second-order valence-electron chi connectivity index (χ2n) is 41.0. The summed E-state index contributed by atoms with van der Waals surface area (Å²) in [7, 11) is -6.04. The highest BCUT2D eigenvalue weighted by Crippen LogP contribution is 2.55. The summed E-state index contributed by atoms with van der Waals surface area (Å²) in [5.74, 6) is 1.52. The van der Waals surface area contributed by atoms with Crippen LogP contribution >= 0.6 is 11.3 Å². The van der Waals surface area contributed by atoms with Crippen molar-refractivity contribution in [1.29, 1.82) is 0 Å². The predicted octanol–water partition coefficient (Wildman–Crippen LogP) is 30.7. The van der Waals surface area contributed by atoms with Crippen LogP contribution in [0.3, 0.4) is 0 Å². The van der Waals surface area contributed by atoms with Crippen LogP contribution in [-0.4, -0.2) is 62.8 Å². The van der Waals surface area contributed by atoms with Crippen LogP contribution in [0.1, 0.15) is 25.0 Å². The summed E-state index contributed by atoms with van der Waals surface area (Å²) in [6, 6.07) is 157. The first-order chi connectivity index (χ1) is 70.0. The molecule has 0 amide bonds. The van der Waals surface area contributed by atoms with Crippen molar-refractivity contribution in [2.75, 3.05) is 0 Å². The van der Waals surface area contributed by atoms with E-state index in [0.717, 1.165) is 73.6 Å². The minimum atomic E-state index is -2.06. The average Bonchev–Trinajstić information content (AvgIpc) is 1.52. The topological polar surface area (TPSA) is 82.1 Å². The number of benzene rings is 19. The minimum absolute atomic E-state index is 0.170. The number of H-pyrrole nitrogens is 1. The van der Waals surface area contributed by atoms with E-state index < -0.39 is 24.2 Å². The molecular formula is C131H96N8SSi3. The van der Waals surface area contributed by atoms with Crippen LogP contribution in [0, 0.1) is 0 Å². The van der Waals surface area contributed by atoms with Crippen molar-refractivity contribution >= 4 is 174 Å². The van der Waals surface area contributed by atoms with Crippen LogP contribution in [-0.2, 0) is 5.41 Å². The Labute approximate surface area is 836 Å². The molecule has 1 aliphatic carbocycles. The summed E-state index contributed by atoms with van der Waals surface area (Å²) in [5.41, 5.74) is 37.3. The van der Waals surface area contributed by atoms with Crippen molar-refractivity contribution in [2.45, 2.75) is 58.5 Å². The molecule has 0 radical (unpaired) electrons. The molecule has 0 saturated carbocycles. The quantitative estimate of drug-likeness (QED) is 0.146. The van der Waals surface area contributed by atoms with Crippen molar-refractivity contribution in [3.8, 4) is 129 Å². The predicted molar refractivity (Wildman–Crippen MR) is 613 cm³/mol. The van der Waals surface area contributed by atoms with Gasteiger partial charge in [0, 0.05) is 97.3 Å². The van der Waals surface area contributed by atoms with E-state index in [0.29, 0.717) is 0 Å². The highest BCUT2D eigenvalue weighted by molar-refractivity contribution is 7.26. The van der Waals surface area contributed by atoms with Crippen LogP contribution in [0.4, 0.5) is 0 Å². The molecule has 4 aliphatic rings. The van der Waals surface area contributed by atoms with E-state index in [4.69, 9.17) is 19.9 Å². The molecule has 12 heteroatoms. The lowest BCUT2D eigenvalue weighted by Gasteiger charge is -2.24. The SMILES string of the molecule is CC1(C)c2ccccc2-c2ccc3c4ccccc4n(-c4ccccc4-c4nc(-c5ccccc5)c5c(n4)-c4ccccc4[Si]5(C)C)c3c21.C[Si]1(C)c2ccccc2-c2cc(-c3ccccc3-n3c4ccccc4c4ccc5c6ccccc6[nH]c5c43)cc(-c3ccccc3)c21.C[Si]1(C)c2ccccc2-c2nc(-c3ccccc3-n3c4ccccc4c4ccc5c6ccccc6sc5c43)nc(-c3ccccc3)c21. The van der Waals surface area contributed by atoms with E-state index in [2.05, 4.69) is 503 Å². The van der Waals surface area contributed by atoms with Gasteiger partial charge in [0.2, 0.25) is 0 Å². The molecule has 3 aliphatic heterocycles. The Balaban J connectivity index is 0.000000105. The van der Waals surface area contributed by atoms with Gasteiger partial charge in [-0.25, -0.2) is 19.9 Å². The highest BCUT2D eigenvalue weighted by Gasteiger charge is 2.46. The number of hydrogen-bond acceptors (Lipinski definition) is 5. The second kappa shape index (κ2) is 32.0. The fourth-order valence-electron chi connectivity index (χ4n) is 25.3. The Kier molecular flexibility index (Phi) is 18.9. The molecule has 10 heterocycles. The van der Waals surface area contributed by atoms with Crippen LogP contribution in [0.15, 0.2) is 431 Å². The molecule has 7 aromatic heterocycles. The lowest BCUT2D eigenvalue weighted by Crippen LogP contribution is -2.50. The summed E-state index contributed by atoms with van der Waals surface area (Å²) in [6.45, 7) is 19.6. The van der Waals surface area contributed by atoms with Gasteiger partial charge in [0.1, 0.15) is 24.2 Å². The summed E-state index contributed by atoms with van der Waals surface area (Å²) >= 11 is 1.88. The van der Waals surface area contributed by atoms with Crippen LogP contribution in [0.5, 0.6) is 0 Å². The molecule has 0 fully saturated rings. The summed E-state index contributed by atoms with van der Waals surface area (Å²) in [6.07, 6.45) is 0. The number of nitrogens with zero attached hydrogens (tertiary/aromatic N) is 7. The fourth-order valence-corrected chi connectivity index (χ4v) is 36.5. The van der Waals surface area contributed by atoms with E-state index >= 15 is 0 Å². The van der Waals surface area contributed by atoms with Gasteiger partial charge < -0.3 is 18.7 Å². The molecule has 0 saturated heterocycles. The minimum Gasteiger partial charge on any atom is -0.353 e. The number of thiophene rings is 1. The lowest BCUT2D eigenvalue weighted by atomic mass is 9.81. The molecule has 30 rings (SSSR count). The fraction of sp³-hybridized carbons (Fsp3) is 0.0687. The van der Waals surface area contributed by atoms with E-state index in [9.17, 15) is 0 Å². The monoisotopic (exact) mass is 1900 g/mol. The van der Waals surface area contributed by atoms with E-state index in [-0.39, 0.29) is 5.41 Å². The van der Waals surface area contributed by atoms with E-state index in [1.807, 2.05) is 11.3 Å². The maximum absolute atomic E-state index is 5.54. The zero-order valence-corrected chi connectivity index (χ0v) is 84.3. The van der Waals surface area contributed by atoms with Gasteiger partial charge in [-0.05, 0) is 165 Å². The highest BCUT2D eigenvalue weighted by atomic mass is 32.1. The van der Waals surface area contributed by atoms with Gasteiger partial charge in [-0.1, -0.05) is 411 Å². The van der Waals surface area contributed by atoms with Crippen molar-refractivity contribution in [3.05, 3.63) is 442 Å². The standard InChI is InChI=1S/C45H35N3Si.C44H32N2Si.C42H29N3SSi/c1-45(2)35-22-12-8-18-29(35)31-26-27-32-30-19-9-13-23-36(30)48(42(32)39(31)45)37-24-14-10-20-33(37)44-46-40(28-16-6-5-7-17-28)43-41(47-44)34-21-11-15-25-38(34)49(43,3)4;1-47(2)41-23-13-9-19-33(41)37-27-29(26-36(44(37)47)28-14-4-3-5-15-28)30-16-7-11-21-39(30)46-40-22-12-8-18-32(40)35-25-24-34-31-17-6-10-20-38(31)45-42(34)43(35)46;1-47(2)36-23-13-9-19-32(36)38-41(47)37(26-14-4-3-5-15-26)43-42(44-38)31-18-7-11-21-34(31)45-33-20-10-6-16-27(33)29-24-25-30-28-17-8-12-22-35(28)46-40(30)39(29)45/h5-27H,1-4H3;3-27,45H,1-2H3;3-25H,1-2H3. The molecule has 0 bridgehead atoms. The number of aromatic nitrogens is 8. The smallest absolute Gasteiger partial charge is 0.162 e. The van der Waals surface area contributed by atoms with Gasteiger partial charge >= 0.3 is 0 Å². The van der Waals surface area contributed by atoms with Crippen molar-refractivity contribution in [1.82, 2.24) is 38.6 Å². The van der Waals surface area contributed by atoms with Gasteiger partial charge in [0.25, 0.3) is 0 Å². The summed E-state index contributed by atoms with van der Waals surface area (Å²) in [5, 5.41) is 21.3. The van der Waals surface area contributed by atoms with Gasteiger partial charge in [0.15, 0.2) is 11.6 Å². The second-order valence-corrected chi connectivity index (χ2v) is 54.9. The van der Waals surface area contributed by atoms with Gasteiger partial charge in [-0.15, -0.1) is 11.3 Å². The largest absolute Gasteiger partial charge is 0.353 e. The van der Waals surface area contributed by atoms with E-state index in [1.165, 1.54) is 200 Å². The Bertz CT molecular complexity index is 9500. The summed E-state index contributed by atoms with van der Waals surface area (Å²) in [4.78, 5) is 25.9. The van der Waals surface area contributed by atoms with Crippen molar-refractivity contribution in [3.63, 3.8) is 0 Å². The van der Waals surface area contributed by atoms with Crippen LogP contribution in [0.2, 0.25) is 39.3 Å². The van der Waals surface area contributed by atoms with Gasteiger partial charge in [-0.3, -0.25) is 0 Å². The average molecular weight is 1900 g/mol. The number of nitrogens with one attached hydrogen (secondary N) is 1. The number of para-hydroxylation sites is 7. The first kappa shape index (κ1) is 84.5. The number of rotatable bonds is 9. The van der Waals surface area contributed by atoms with Gasteiger partial charge in [-0.2, -0.15) is 0 Å². The van der Waals surface area contributed by atoms with Crippen molar-refractivity contribution in [2.24, 2.45) is 0 Å². The Morgan fingerprint density at radius 3 is 1.20 bits per heavy atom. The Morgan fingerprint density at radius 1 is 0.252 bits per heavy atom. The summed E-state index contributed by atoms with van der Waals surface area (Å²) < 4.78 is 10.1. The first-order valence-electron chi connectivity index (χ1n) is 49.8. The Hall–Kier alpha value is -16.6. The molecule has 0 spiro atoms. The lowest BCUT2D eigenvalue weighted by molar-refractivity contribution is 0.664. The number of aromatic amines is 1. The number of fused-ring (bicyclic) bond motifs is 30. The molecular weight excluding hydrogens is 1800 g/mol. The maximum atomic E-state index is 5.54.